The molecular formula is C26H32F3N5O3. The smallest absolute Gasteiger partial charge is 0.420 e. The molecule has 0 N–H and O–H groups in total. The molecule has 3 aliphatic rings. The summed E-state index contributed by atoms with van der Waals surface area (Å²) in [4.78, 5) is 39.3. The Morgan fingerprint density at radius 2 is 1.62 bits per heavy atom. The van der Waals surface area contributed by atoms with Gasteiger partial charge in [0.15, 0.2) is 5.69 Å². The lowest BCUT2D eigenvalue weighted by atomic mass is 10.1. The first-order chi connectivity index (χ1) is 17.8. The van der Waals surface area contributed by atoms with E-state index in [9.17, 15) is 22.8 Å². The summed E-state index contributed by atoms with van der Waals surface area (Å²) in [6.45, 7) is 3.72. The van der Waals surface area contributed by atoms with Gasteiger partial charge in [-0.05, 0) is 43.7 Å². The topological polar surface area (TPSA) is 82.8 Å². The molecule has 11 heteroatoms. The lowest BCUT2D eigenvalue weighted by Crippen LogP contribution is -2.50. The number of rotatable bonds is 6. The summed E-state index contributed by atoms with van der Waals surface area (Å²) in [6.07, 6.45) is 3.38. The van der Waals surface area contributed by atoms with Crippen molar-refractivity contribution in [2.75, 3.05) is 49.1 Å². The summed E-state index contributed by atoms with van der Waals surface area (Å²) < 4.78 is 46.2. The normalized spacial score (nSPS) is 19.5. The second-order valence-electron chi connectivity index (χ2n) is 10.1. The van der Waals surface area contributed by atoms with E-state index in [2.05, 4.69) is 14.9 Å². The summed E-state index contributed by atoms with van der Waals surface area (Å²) in [7, 11) is 0. The Morgan fingerprint density at radius 1 is 0.919 bits per heavy atom. The zero-order chi connectivity index (χ0) is 26.0. The fraction of sp³-hybridized carbons (Fsp3) is 0.615. The van der Waals surface area contributed by atoms with Gasteiger partial charge >= 0.3 is 6.18 Å². The van der Waals surface area contributed by atoms with Crippen molar-refractivity contribution < 1.29 is 27.2 Å². The maximum atomic E-state index is 13.6. The van der Waals surface area contributed by atoms with E-state index in [-0.39, 0.29) is 24.3 Å². The number of piperazine rings is 1. The highest BCUT2D eigenvalue weighted by Crippen LogP contribution is 2.35. The Balaban J connectivity index is 1.21. The molecule has 4 heterocycles. The van der Waals surface area contributed by atoms with Crippen molar-refractivity contribution in [1.29, 1.82) is 0 Å². The number of Topliss-reactive ketones (excluding diaryl/α,β-unsaturated/α-hetero) is 1. The van der Waals surface area contributed by atoms with Gasteiger partial charge in [-0.3, -0.25) is 9.59 Å². The minimum absolute atomic E-state index is 0.144. The molecule has 2 saturated heterocycles. The number of hydrogen-bond donors (Lipinski definition) is 0. The van der Waals surface area contributed by atoms with Crippen molar-refractivity contribution in [3.8, 4) is 0 Å². The van der Waals surface area contributed by atoms with Gasteiger partial charge in [0.25, 0.3) is 6.01 Å². The van der Waals surface area contributed by atoms with Gasteiger partial charge < -0.3 is 19.1 Å². The zero-order valence-electron chi connectivity index (χ0n) is 20.8. The summed E-state index contributed by atoms with van der Waals surface area (Å²) in [5.41, 5.74) is -0.777. The van der Waals surface area contributed by atoms with Crippen LogP contribution in [-0.4, -0.2) is 65.8 Å². The fourth-order valence-corrected chi connectivity index (χ4v) is 5.47. The van der Waals surface area contributed by atoms with Gasteiger partial charge in [0, 0.05) is 57.8 Å². The van der Waals surface area contributed by atoms with Gasteiger partial charge in [0.05, 0.1) is 0 Å². The quantitative estimate of drug-likeness (QED) is 0.525. The van der Waals surface area contributed by atoms with E-state index in [1.165, 1.54) is 6.20 Å². The van der Waals surface area contributed by atoms with E-state index < -0.39 is 23.4 Å². The van der Waals surface area contributed by atoms with E-state index in [1.54, 1.807) is 17.0 Å². The molecule has 3 fully saturated rings. The Bertz CT molecular complexity index is 1100. The Kier molecular flexibility index (Phi) is 7.39. The number of pyridine rings is 1. The molecule has 1 saturated carbocycles. The number of anilines is 2. The number of piperidine rings is 1. The number of nitrogens with zero attached hydrogens (tertiary/aromatic N) is 5. The van der Waals surface area contributed by atoms with Crippen LogP contribution >= 0.6 is 0 Å². The average molecular weight is 520 g/mol. The number of carbonyl (C=O) groups is 2. The van der Waals surface area contributed by atoms with Crippen molar-refractivity contribution in [3.05, 3.63) is 35.3 Å². The number of carbonyl (C=O) groups excluding carboxylic acids is 2. The minimum atomic E-state index is -4.79. The van der Waals surface area contributed by atoms with Gasteiger partial charge in [-0.25, -0.2) is 4.98 Å². The van der Waals surface area contributed by atoms with Gasteiger partial charge in [-0.1, -0.05) is 18.9 Å². The van der Waals surface area contributed by atoms with Crippen LogP contribution < -0.4 is 9.80 Å². The van der Waals surface area contributed by atoms with Gasteiger partial charge in [0.1, 0.15) is 5.82 Å². The SMILES string of the molecule is O=C(Cc1ccc(N2CCN(C(=O)C3CCCC3)CC2)nc1)c1oc(N2CCCCC2)nc1C(F)(F)F. The van der Waals surface area contributed by atoms with Crippen LogP contribution in [0.5, 0.6) is 0 Å². The first-order valence-corrected chi connectivity index (χ1v) is 13.1. The molecule has 8 nitrogen and oxygen atoms in total. The summed E-state index contributed by atoms with van der Waals surface area (Å²) in [6, 6.07) is 3.32. The predicted octanol–water partition coefficient (Wildman–Crippen LogP) is 4.34. The van der Waals surface area contributed by atoms with Crippen LogP contribution in [0.3, 0.4) is 0 Å². The van der Waals surface area contributed by atoms with Crippen LogP contribution in [0.15, 0.2) is 22.7 Å². The molecule has 0 unspecified atom stereocenters. The van der Waals surface area contributed by atoms with Crippen LogP contribution in [0.4, 0.5) is 25.0 Å². The van der Waals surface area contributed by atoms with Gasteiger partial charge in [-0.15, -0.1) is 0 Å². The molecule has 0 atom stereocenters. The highest BCUT2D eigenvalue weighted by atomic mass is 19.4. The number of alkyl halides is 3. The molecular weight excluding hydrogens is 487 g/mol. The maximum absolute atomic E-state index is 13.6. The molecule has 200 valence electrons. The standard InChI is InChI=1S/C26H32F3N5O3/c27-26(28,29)23-22(37-25(31-23)34-10-4-1-5-11-34)20(35)16-18-8-9-21(30-17-18)32-12-14-33(15-13-32)24(36)19-6-2-3-7-19/h8-9,17,19H,1-7,10-16H2. The molecule has 0 aromatic carbocycles. The first-order valence-electron chi connectivity index (χ1n) is 13.1. The second-order valence-corrected chi connectivity index (χ2v) is 10.1. The fourth-order valence-electron chi connectivity index (χ4n) is 5.47. The van der Waals surface area contributed by atoms with E-state index in [0.717, 1.165) is 44.9 Å². The highest BCUT2D eigenvalue weighted by molar-refractivity contribution is 5.96. The number of halogens is 3. The zero-order valence-corrected chi connectivity index (χ0v) is 20.8. The van der Waals surface area contributed by atoms with E-state index in [0.29, 0.717) is 50.6 Å². The first kappa shape index (κ1) is 25.5. The number of ketones is 1. The molecule has 1 amide bonds. The average Bonchev–Trinajstić information content (AvgIpc) is 3.60. The van der Waals surface area contributed by atoms with Crippen molar-refractivity contribution in [3.63, 3.8) is 0 Å². The van der Waals surface area contributed by atoms with Crippen molar-refractivity contribution >= 4 is 23.5 Å². The number of hydrogen-bond acceptors (Lipinski definition) is 7. The monoisotopic (exact) mass is 519 g/mol. The third-order valence-corrected chi connectivity index (χ3v) is 7.56. The van der Waals surface area contributed by atoms with Crippen LogP contribution in [0.1, 0.15) is 66.8 Å². The number of aromatic nitrogens is 2. The third-order valence-electron chi connectivity index (χ3n) is 7.56. The molecule has 2 aromatic rings. The lowest BCUT2D eigenvalue weighted by Gasteiger charge is -2.36. The molecule has 0 bridgehead atoms. The van der Waals surface area contributed by atoms with Gasteiger partial charge in [0.2, 0.25) is 17.5 Å². The van der Waals surface area contributed by atoms with Crippen LogP contribution in [0.2, 0.25) is 0 Å². The summed E-state index contributed by atoms with van der Waals surface area (Å²) >= 11 is 0. The molecule has 2 aliphatic heterocycles. The van der Waals surface area contributed by atoms with Crippen molar-refractivity contribution in [2.45, 2.75) is 57.5 Å². The van der Waals surface area contributed by atoms with Crippen molar-refractivity contribution in [2.24, 2.45) is 5.92 Å². The second kappa shape index (κ2) is 10.7. The van der Waals surface area contributed by atoms with E-state index in [4.69, 9.17) is 4.42 Å². The number of amides is 1. The number of oxazole rings is 1. The Labute approximate surface area is 213 Å². The van der Waals surface area contributed by atoms with Gasteiger partial charge in [-0.2, -0.15) is 18.2 Å². The van der Waals surface area contributed by atoms with Crippen LogP contribution in [0, 0.1) is 5.92 Å². The molecule has 0 spiro atoms. The molecule has 0 radical (unpaired) electrons. The van der Waals surface area contributed by atoms with Crippen LogP contribution in [0.25, 0.3) is 0 Å². The third kappa shape index (κ3) is 5.75. The largest absolute Gasteiger partial charge is 0.437 e. The van der Waals surface area contributed by atoms with E-state index in [1.807, 2.05) is 4.90 Å². The molecule has 1 aliphatic carbocycles. The Morgan fingerprint density at radius 3 is 2.24 bits per heavy atom. The predicted molar refractivity (Wildman–Crippen MR) is 131 cm³/mol. The minimum Gasteiger partial charge on any atom is -0.420 e. The van der Waals surface area contributed by atoms with E-state index >= 15 is 0 Å². The van der Waals surface area contributed by atoms with Crippen LogP contribution in [-0.2, 0) is 17.4 Å². The summed E-state index contributed by atoms with van der Waals surface area (Å²) in [5, 5.41) is 0. The summed E-state index contributed by atoms with van der Waals surface area (Å²) in [5.74, 6) is -0.392. The molecule has 5 rings (SSSR count). The molecule has 2 aromatic heterocycles. The maximum Gasteiger partial charge on any atom is 0.437 e. The lowest BCUT2D eigenvalue weighted by molar-refractivity contribution is -0.141. The highest BCUT2D eigenvalue weighted by Gasteiger charge is 2.42. The molecule has 37 heavy (non-hydrogen) atoms. The van der Waals surface area contributed by atoms with Crippen molar-refractivity contribution in [1.82, 2.24) is 14.9 Å². The Hall–Kier alpha value is -3.11.